The fourth-order valence-corrected chi connectivity index (χ4v) is 2.67. The van der Waals surface area contributed by atoms with E-state index >= 15 is 0 Å². The molecule has 1 aliphatic heterocycles. The molecule has 0 aromatic rings. The van der Waals surface area contributed by atoms with Crippen LogP contribution in [0.25, 0.3) is 0 Å². The Kier molecular flexibility index (Phi) is 3.93. The van der Waals surface area contributed by atoms with Crippen molar-refractivity contribution >= 4 is 11.8 Å². The molecular formula is C9H15NOS. The summed E-state index contributed by atoms with van der Waals surface area (Å²) in [6.07, 6.45) is 5.26. The second kappa shape index (κ2) is 4.76. The number of terminal acetylenes is 1. The van der Waals surface area contributed by atoms with E-state index < -0.39 is 0 Å². The normalized spacial score (nSPS) is 27.9. The molecular weight excluding hydrogens is 170 g/mol. The van der Waals surface area contributed by atoms with Gasteiger partial charge in [-0.3, -0.25) is 4.90 Å². The molecule has 68 valence electrons. The largest absolute Gasteiger partial charge is 0.390 e. The van der Waals surface area contributed by atoms with Crippen molar-refractivity contribution in [3.63, 3.8) is 0 Å². The average molecular weight is 185 g/mol. The van der Waals surface area contributed by atoms with Crippen molar-refractivity contribution < 1.29 is 5.11 Å². The van der Waals surface area contributed by atoms with Crippen LogP contribution in [0.15, 0.2) is 0 Å². The fourth-order valence-electron chi connectivity index (χ4n) is 1.37. The number of thioether (sulfide) groups is 1. The first-order chi connectivity index (χ1) is 5.75. The Balaban J connectivity index is 2.43. The van der Waals surface area contributed by atoms with Crippen LogP contribution in [0.3, 0.4) is 0 Å². The van der Waals surface area contributed by atoms with Gasteiger partial charge in [-0.2, -0.15) is 11.8 Å². The summed E-state index contributed by atoms with van der Waals surface area (Å²) >= 11 is 1.89. The van der Waals surface area contributed by atoms with Crippen molar-refractivity contribution in [3.05, 3.63) is 0 Å². The van der Waals surface area contributed by atoms with Crippen LogP contribution < -0.4 is 0 Å². The third-order valence-corrected chi connectivity index (χ3v) is 3.26. The lowest BCUT2D eigenvalue weighted by Gasteiger charge is -2.34. The molecule has 2 unspecified atom stereocenters. The fraction of sp³-hybridized carbons (Fsp3) is 0.778. The van der Waals surface area contributed by atoms with Crippen molar-refractivity contribution in [2.75, 3.05) is 25.1 Å². The molecule has 0 saturated carbocycles. The highest BCUT2D eigenvalue weighted by Crippen LogP contribution is 2.18. The Hall–Kier alpha value is -0.170. The molecule has 3 heteroatoms. The molecule has 0 amide bonds. The van der Waals surface area contributed by atoms with Gasteiger partial charge in [0.25, 0.3) is 0 Å². The number of aliphatic hydroxyl groups is 1. The minimum Gasteiger partial charge on any atom is -0.390 e. The zero-order valence-corrected chi connectivity index (χ0v) is 8.18. The summed E-state index contributed by atoms with van der Waals surface area (Å²) in [5.74, 6) is 4.66. The highest BCUT2D eigenvalue weighted by atomic mass is 32.2. The minimum absolute atomic E-state index is 0.250. The lowest BCUT2D eigenvalue weighted by atomic mass is 10.1. The highest BCUT2D eigenvalue weighted by molar-refractivity contribution is 7.99. The number of likely N-dealkylation sites (N-methyl/N-ethyl adjacent to an activating group) is 1. The van der Waals surface area contributed by atoms with Crippen molar-refractivity contribution in [2.24, 2.45) is 0 Å². The second-order valence-electron chi connectivity index (χ2n) is 3.10. The first-order valence-corrected chi connectivity index (χ1v) is 5.30. The lowest BCUT2D eigenvalue weighted by Crippen LogP contribution is -2.46. The Morgan fingerprint density at radius 3 is 3.17 bits per heavy atom. The van der Waals surface area contributed by atoms with Crippen LogP contribution in [0, 0.1) is 12.3 Å². The Bertz CT molecular complexity index is 178. The first-order valence-electron chi connectivity index (χ1n) is 4.15. The number of rotatable bonds is 2. The number of nitrogens with zero attached hydrogens (tertiary/aromatic N) is 1. The first kappa shape index (κ1) is 9.91. The molecule has 2 nitrogen and oxygen atoms in total. The highest BCUT2D eigenvalue weighted by Gasteiger charge is 2.25. The molecule has 0 aliphatic carbocycles. The van der Waals surface area contributed by atoms with E-state index in [1.807, 2.05) is 18.8 Å². The zero-order chi connectivity index (χ0) is 8.97. The van der Waals surface area contributed by atoms with Gasteiger partial charge in [0.1, 0.15) is 0 Å². The SMILES string of the molecule is C#CCC(O)C1CSCCN1C. The third kappa shape index (κ3) is 2.41. The van der Waals surface area contributed by atoms with Crippen LogP contribution in [-0.2, 0) is 0 Å². The molecule has 0 aromatic carbocycles. The van der Waals surface area contributed by atoms with E-state index in [0.717, 1.165) is 18.1 Å². The summed E-state index contributed by atoms with van der Waals surface area (Å²) in [5.41, 5.74) is 0. The topological polar surface area (TPSA) is 23.5 Å². The van der Waals surface area contributed by atoms with Gasteiger partial charge in [-0.1, -0.05) is 0 Å². The molecule has 0 aromatic heterocycles. The summed E-state index contributed by atoms with van der Waals surface area (Å²) in [7, 11) is 2.05. The van der Waals surface area contributed by atoms with Crippen LogP contribution in [0.5, 0.6) is 0 Å². The van der Waals surface area contributed by atoms with Gasteiger partial charge in [0, 0.05) is 30.5 Å². The molecule has 1 saturated heterocycles. The molecule has 0 bridgehead atoms. The van der Waals surface area contributed by atoms with Crippen LogP contribution in [-0.4, -0.2) is 47.3 Å². The van der Waals surface area contributed by atoms with Gasteiger partial charge in [0.2, 0.25) is 0 Å². The van der Waals surface area contributed by atoms with Gasteiger partial charge in [0.15, 0.2) is 0 Å². The van der Waals surface area contributed by atoms with Crippen LogP contribution >= 0.6 is 11.8 Å². The number of hydrogen-bond donors (Lipinski definition) is 1. The van der Waals surface area contributed by atoms with E-state index in [2.05, 4.69) is 10.8 Å². The van der Waals surface area contributed by atoms with Crippen molar-refractivity contribution in [1.82, 2.24) is 4.90 Å². The predicted molar refractivity (Wildman–Crippen MR) is 53.2 cm³/mol. The molecule has 12 heavy (non-hydrogen) atoms. The molecule has 1 N–H and O–H groups in total. The number of hydrogen-bond acceptors (Lipinski definition) is 3. The summed E-state index contributed by atoms with van der Waals surface area (Å²) in [6, 6.07) is 0.250. The molecule has 0 spiro atoms. The molecule has 1 aliphatic rings. The van der Waals surface area contributed by atoms with Gasteiger partial charge in [-0.05, 0) is 7.05 Å². The van der Waals surface area contributed by atoms with E-state index in [4.69, 9.17) is 6.42 Å². The monoisotopic (exact) mass is 185 g/mol. The standard InChI is InChI=1S/C9H15NOS/c1-3-4-9(11)8-7-12-6-5-10(8)2/h1,8-9,11H,4-7H2,2H3. The summed E-state index contributed by atoms with van der Waals surface area (Å²) < 4.78 is 0. The smallest absolute Gasteiger partial charge is 0.0812 e. The van der Waals surface area contributed by atoms with Gasteiger partial charge in [0.05, 0.1) is 6.10 Å². The molecule has 1 fully saturated rings. The van der Waals surface area contributed by atoms with Gasteiger partial charge >= 0.3 is 0 Å². The van der Waals surface area contributed by atoms with Gasteiger partial charge < -0.3 is 5.11 Å². The van der Waals surface area contributed by atoms with Gasteiger partial charge in [-0.15, -0.1) is 12.3 Å². The maximum absolute atomic E-state index is 9.65. The molecule has 1 rings (SSSR count). The number of aliphatic hydroxyl groups excluding tert-OH is 1. The van der Waals surface area contributed by atoms with Crippen LogP contribution in [0.4, 0.5) is 0 Å². The van der Waals surface area contributed by atoms with E-state index in [1.165, 1.54) is 0 Å². The van der Waals surface area contributed by atoms with Gasteiger partial charge in [-0.25, -0.2) is 0 Å². The summed E-state index contributed by atoms with van der Waals surface area (Å²) in [5, 5.41) is 9.65. The molecule has 2 atom stereocenters. The van der Waals surface area contributed by atoms with Crippen LogP contribution in [0.2, 0.25) is 0 Å². The average Bonchev–Trinajstić information content (AvgIpc) is 2.05. The van der Waals surface area contributed by atoms with Crippen molar-refractivity contribution in [1.29, 1.82) is 0 Å². The van der Waals surface area contributed by atoms with E-state index in [9.17, 15) is 5.11 Å². The summed E-state index contributed by atoms with van der Waals surface area (Å²) in [4.78, 5) is 2.19. The molecule has 0 radical (unpaired) electrons. The van der Waals surface area contributed by atoms with E-state index in [0.29, 0.717) is 6.42 Å². The maximum atomic E-state index is 9.65. The maximum Gasteiger partial charge on any atom is 0.0812 e. The predicted octanol–water partition coefficient (Wildman–Crippen LogP) is 0.418. The Morgan fingerprint density at radius 1 is 1.83 bits per heavy atom. The Morgan fingerprint density at radius 2 is 2.58 bits per heavy atom. The van der Waals surface area contributed by atoms with E-state index in [1.54, 1.807) is 0 Å². The van der Waals surface area contributed by atoms with E-state index in [-0.39, 0.29) is 12.1 Å². The zero-order valence-electron chi connectivity index (χ0n) is 7.36. The molecule has 1 heterocycles. The van der Waals surface area contributed by atoms with Crippen molar-refractivity contribution in [2.45, 2.75) is 18.6 Å². The second-order valence-corrected chi connectivity index (χ2v) is 4.25. The lowest BCUT2D eigenvalue weighted by molar-refractivity contribution is 0.0799. The minimum atomic E-state index is -0.354. The Labute approximate surface area is 78.3 Å². The quantitative estimate of drug-likeness (QED) is 0.631. The van der Waals surface area contributed by atoms with Crippen molar-refractivity contribution in [3.8, 4) is 12.3 Å². The summed E-state index contributed by atoms with van der Waals surface area (Å²) in [6.45, 7) is 1.05. The third-order valence-electron chi connectivity index (χ3n) is 2.21. The van der Waals surface area contributed by atoms with Crippen LogP contribution in [0.1, 0.15) is 6.42 Å².